The molecule has 0 aliphatic rings. The summed E-state index contributed by atoms with van der Waals surface area (Å²) in [5.41, 5.74) is 6.82. The van der Waals surface area contributed by atoms with Crippen molar-refractivity contribution in [2.45, 2.75) is 13.8 Å². The lowest BCUT2D eigenvalue weighted by atomic mass is 10.1. The van der Waals surface area contributed by atoms with E-state index in [1.807, 2.05) is 74.5 Å². The quantitative estimate of drug-likeness (QED) is 0.446. The van der Waals surface area contributed by atoms with Gasteiger partial charge in [-0.1, -0.05) is 48.5 Å². The molecule has 4 rings (SSSR count). The van der Waals surface area contributed by atoms with E-state index in [-0.39, 0.29) is 5.91 Å². The zero-order valence-corrected chi connectivity index (χ0v) is 16.6. The fraction of sp³-hybridized carbons (Fsp3) is 0.0833. The number of hydrogen-bond donors (Lipinski definition) is 1. The maximum Gasteiger partial charge on any atom is 0.255 e. The predicted octanol–water partition coefficient (Wildman–Crippen LogP) is 6.35. The third-order valence-corrected chi connectivity index (χ3v) is 5.62. The fourth-order valence-corrected chi connectivity index (χ4v) is 3.77. The molecule has 0 radical (unpaired) electrons. The highest BCUT2D eigenvalue weighted by Crippen LogP contribution is 2.29. The van der Waals surface area contributed by atoms with Gasteiger partial charge >= 0.3 is 0 Å². The summed E-state index contributed by atoms with van der Waals surface area (Å²) in [7, 11) is 0. The van der Waals surface area contributed by atoms with Crippen LogP contribution in [0.1, 0.15) is 21.5 Å². The summed E-state index contributed by atoms with van der Waals surface area (Å²) in [5, 5.41) is 6.02. The van der Waals surface area contributed by atoms with Crippen molar-refractivity contribution in [1.29, 1.82) is 0 Å². The number of aromatic nitrogens is 1. The average Bonchev–Trinajstić information content (AvgIpc) is 3.21. The van der Waals surface area contributed by atoms with Crippen molar-refractivity contribution in [3.63, 3.8) is 0 Å². The van der Waals surface area contributed by atoms with Gasteiger partial charge in [0.1, 0.15) is 5.01 Å². The number of thiazole rings is 1. The zero-order valence-electron chi connectivity index (χ0n) is 15.8. The minimum atomic E-state index is -0.101. The summed E-state index contributed by atoms with van der Waals surface area (Å²) in [6.45, 7) is 4.05. The van der Waals surface area contributed by atoms with Gasteiger partial charge in [-0.3, -0.25) is 4.79 Å². The van der Waals surface area contributed by atoms with Gasteiger partial charge in [0.25, 0.3) is 5.91 Å². The number of carbonyl (C=O) groups excluding carboxylic acids is 1. The Bertz CT molecular complexity index is 1120. The molecule has 138 valence electrons. The van der Waals surface area contributed by atoms with Gasteiger partial charge in [-0.15, -0.1) is 11.3 Å². The van der Waals surface area contributed by atoms with Gasteiger partial charge in [0.05, 0.1) is 5.69 Å². The number of amides is 1. The molecule has 3 nitrogen and oxygen atoms in total. The van der Waals surface area contributed by atoms with Gasteiger partial charge in [0.15, 0.2) is 0 Å². The van der Waals surface area contributed by atoms with Crippen LogP contribution >= 0.6 is 11.3 Å². The predicted molar refractivity (Wildman–Crippen MR) is 117 cm³/mol. The highest BCUT2D eigenvalue weighted by molar-refractivity contribution is 7.13. The number of nitrogens with one attached hydrogen (secondary N) is 1. The Kier molecular flexibility index (Phi) is 5.04. The Morgan fingerprint density at radius 1 is 0.857 bits per heavy atom. The van der Waals surface area contributed by atoms with E-state index in [2.05, 4.69) is 22.8 Å². The molecule has 1 amide bonds. The molecular formula is C24H20N2OS. The van der Waals surface area contributed by atoms with E-state index in [0.717, 1.165) is 33.1 Å². The van der Waals surface area contributed by atoms with Crippen LogP contribution in [0.25, 0.3) is 21.8 Å². The van der Waals surface area contributed by atoms with Gasteiger partial charge in [0.2, 0.25) is 0 Å². The molecule has 3 aromatic carbocycles. The molecule has 1 heterocycles. The topological polar surface area (TPSA) is 42.0 Å². The molecule has 4 heteroatoms. The molecule has 0 saturated heterocycles. The zero-order chi connectivity index (χ0) is 19.5. The molecule has 0 aliphatic heterocycles. The molecule has 1 N–H and O–H groups in total. The molecule has 0 unspecified atom stereocenters. The molecule has 0 fully saturated rings. The fourth-order valence-electron chi connectivity index (χ4n) is 2.93. The van der Waals surface area contributed by atoms with Crippen LogP contribution in [-0.4, -0.2) is 10.9 Å². The third kappa shape index (κ3) is 3.87. The van der Waals surface area contributed by atoms with Gasteiger partial charge in [-0.25, -0.2) is 4.98 Å². The summed E-state index contributed by atoms with van der Waals surface area (Å²) >= 11 is 1.63. The number of carbonyl (C=O) groups is 1. The molecule has 0 saturated carbocycles. The van der Waals surface area contributed by atoms with Crippen molar-refractivity contribution in [2.24, 2.45) is 0 Å². The van der Waals surface area contributed by atoms with Crippen LogP contribution in [0, 0.1) is 13.8 Å². The van der Waals surface area contributed by atoms with Crippen LogP contribution in [0.15, 0.2) is 78.2 Å². The monoisotopic (exact) mass is 384 g/mol. The van der Waals surface area contributed by atoms with Crippen LogP contribution in [0.5, 0.6) is 0 Å². The molecule has 4 aromatic rings. The molecular weight excluding hydrogens is 364 g/mol. The Balaban J connectivity index is 1.49. The van der Waals surface area contributed by atoms with Crippen LogP contribution in [0.4, 0.5) is 5.69 Å². The minimum Gasteiger partial charge on any atom is -0.322 e. The second kappa shape index (κ2) is 7.79. The second-order valence-corrected chi connectivity index (χ2v) is 7.59. The lowest BCUT2D eigenvalue weighted by Crippen LogP contribution is -2.12. The van der Waals surface area contributed by atoms with Gasteiger partial charge in [-0.2, -0.15) is 0 Å². The third-order valence-electron chi connectivity index (χ3n) is 4.73. The van der Waals surface area contributed by atoms with Gasteiger partial charge in [0, 0.05) is 27.8 Å². The summed E-state index contributed by atoms with van der Waals surface area (Å²) < 4.78 is 0. The summed E-state index contributed by atoms with van der Waals surface area (Å²) in [5.74, 6) is -0.101. The summed E-state index contributed by atoms with van der Waals surface area (Å²) in [6, 6.07) is 23.7. The summed E-state index contributed by atoms with van der Waals surface area (Å²) in [6.07, 6.45) is 0. The van der Waals surface area contributed by atoms with Crippen molar-refractivity contribution < 1.29 is 4.79 Å². The average molecular weight is 385 g/mol. The molecule has 0 aliphatic carbocycles. The van der Waals surface area contributed by atoms with Crippen molar-refractivity contribution >= 4 is 22.9 Å². The SMILES string of the molecule is Cc1ccc(C(=O)Nc2ccc(-c3csc(-c4ccccc4)n3)cc2)cc1C. The van der Waals surface area contributed by atoms with E-state index in [9.17, 15) is 4.79 Å². The van der Waals surface area contributed by atoms with E-state index in [0.29, 0.717) is 5.56 Å². The number of anilines is 1. The number of benzene rings is 3. The van der Waals surface area contributed by atoms with E-state index < -0.39 is 0 Å². The molecule has 0 atom stereocenters. The maximum atomic E-state index is 12.5. The maximum absolute atomic E-state index is 12.5. The number of hydrogen-bond acceptors (Lipinski definition) is 3. The Morgan fingerprint density at radius 3 is 2.32 bits per heavy atom. The highest BCUT2D eigenvalue weighted by atomic mass is 32.1. The highest BCUT2D eigenvalue weighted by Gasteiger charge is 2.09. The van der Waals surface area contributed by atoms with Crippen molar-refractivity contribution in [3.8, 4) is 21.8 Å². The van der Waals surface area contributed by atoms with Crippen molar-refractivity contribution in [3.05, 3.63) is 94.9 Å². The number of nitrogens with zero attached hydrogens (tertiary/aromatic N) is 1. The first kappa shape index (κ1) is 18.1. The normalized spacial score (nSPS) is 10.6. The Labute approximate surface area is 168 Å². The summed E-state index contributed by atoms with van der Waals surface area (Å²) in [4.78, 5) is 17.2. The van der Waals surface area contributed by atoms with Crippen LogP contribution in [0.3, 0.4) is 0 Å². The van der Waals surface area contributed by atoms with Crippen molar-refractivity contribution in [1.82, 2.24) is 4.98 Å². The van der Waals surface area contributed by atoms with E-state index in [1.54, 1.807) is 11.3 Å². The Morgan fingerprint density at radius 2 is 1.61 bits per heavy atom. The van der Waals surface area contributed by atoms with E-state index >= 15 is 0 Å². The molecule has 28 heavy (non-hydrogen) atoms. The van der Waals surface area contributed by atoms with Crippen molar-refractivity contribution in [2.75, 3.05) is 5.32 Å². The van der Waals surface area contributed by atoms with Gasteiger partial charge in [-0.05, 0) is 49.2 Å². The molecule has 1 aromatic heterocycles. The number of rotatable bonds is 4. The lowest BCUT2D eigenvalue weighted by Gasteiger charge is -2.08. The van der Waals surface area contributed by atoms with Gasteiger partial charge < -0.3 is 5.32 Å². The first-order chi connectivity index (χ1) is 13.6. The lowest BCUT2D eigenvalue weighted by molar-refractivity contribution is 0.102. The van der Waals surface area contributed by atoms with Crippen LogP contribution < -0.4 is 5.32 Å². The molecule has 0 spiro atoms. The van der Waals surface area contributed by atoms with E-state index in [4.69, 9.17) is 4.98 Å². The standard InChI is InChI=1S/C24H20N2OS/c1-16-8-9-20(14-17(16)2)23(27)25-21-12-10-18(11-13-21)22-15-28-24(26-22)19-6-4-3-5-7-19/h3-15H,1-2H3,(H,25,27). The first-order valence-corrected chi connectivity index (χ1v) is 9.98. The Hall–Kier alpha value is -3.24. The number of aryl methyl sites for hydroxylation is 2. The van der Waals surface area contributed by atoms with Crippen LogP contribution in [-0.2, 0) is 0 Å². The second-order valence-electron chi connectivity index (χ2n) is 6.73. The minimum absolute atomic E-state index is 0.101. The largest absolute Gasteiger partial charge is 0.322 e. The van der Waals surface area contributed by atoms with Crippen LogP contribution in [0.2, 0.25) is 0 Å². The molecule has 0 bridgehead atoms. The smallest absolute Gasteiger partial charge is 0.255 e. The van der Waals surface area contributed by atoms with E-state index in [1.165, 1.54) is 5.56 Å². The first-order valence-electron chi connectivity index (χ1n) is 9.10.